The van der Waals surface area contributed by atoms with Crippen molar-refractivity contribution in [2.75, 3.05) is 0 Å². The molecule has 1 aromatic rings. The van der Waals surface area contributed by atoms with Gasteiger partial charge in [0.2, 0.25) is 0 Å². The Kier molecular flexibility index (Phi) is 6.19. The van der Waals surface area contributed by atoms with Crippen molar-refractivity contribution in [3.8, 4) is 0 Å². The molecule has 3 N–H and O–H groups in total. The number of rotatable bonds is 7. The topological polar surface area (TPSA) is 60.7 Å². The molecule has 0 aliphatic carbocycles. The lowest BCUT2D eigenvalue weighted by Gasteiger charge is -2.20. The van der Waals surface area contributed by atoms with E-state index in [0.717, 1.165) is 12.0 Å². The van der Waals surface area contributed by atoms with E-state index in [4.69, 9.17) is 0 Å². The van der Waals surface area contributed by atoms with Crippen LogP contribution in [0.1, 0.15) is 31.7 Å². The summed E-state index contributed by atoms with van der Waals surface area (Å²) in [5.41, 5.74) is 1.04. The molecule has 0 spiro atoms. The van der Waals surface area contributed by atoms with Gasteiger partial charge in [0.25, 0.3) is 0 Å². The standard InChI is InChI=1S/C14H22O3/c1-2-6-13(16)14(17)10-12(15)9-11-7-4-3-5-8-11/h3-5,7-8,12-17H,2,6,9-10H2,1H3. The number of aliphatic hydroxyl groups excluding tert-OH is 3. The van der Waals surface area contributed by atoms with Crippen LogP contribution >= 0.6 is 0 Å². The summed E-state index contributed by atoms with van der Waals surface area (Å²) in [7, 11) is 0. The maximum absolute atomic E-state index is 9.82. The minimum Gasteiger partial charge on any atom is -0.393 e. The van der Waals surface area contributed by atoms with Gasteiger partial charge >= 0.3 is 0 Å². The van der Waals surface area contributed by atoms with Gasteiger partial charge in [0, 0.05) is 6.42 Å². The maximum atomic E-state index is 9.82. The second kappa shape index (κ2) is 7.43. The predicted molar refractivity (Wildman–Crippen MR) is 67.7 cm³/mol. The Bertz CT molecular complexity index is 300. The zero-order chi connectivity index (χ0) is 12.7. The molecule has 0 saturated carbocycles. The fourth-order valence-electron chi connectivity index (χ4n) is 1.89. The molecule has 17 heavy (non-hydrogen) atoms. The van der Waals surface area contributed by atoms with E-state index in [2.05, 4.69) is 0 Å². The fraction of sp³-hybridized carbons (Fsp3) is 0.571. The normalized spacial score (nSPS) is 16.5. The highest BCUT2D eigenvalue weighted by atomic mass is 16.3. The van der Waals surface area contributed by atoms with E-state index < -0.39 is 18.3 Å². The highest BCUT2D eigenvalue weighted by molar-refractivity contribution is 5.15. The molecule has 0 heterocycles. The Hall–Kier alpha value is -0.900. The van der Waals surface area contributed by atoms with Crippen LogP contribution in [0.25, 0.3) is 0 Å². The van der Waals surface area contributed by atoms with Crippen LogP contribution < -0.4 is 0 Å². The Morgan fingerprint density at radius 2 is 1.65 bits per heavy atom. The largest absolute Gasteiger partial charge is 0.393 e. The van der Waals surface area contributed by atoms with Crippen LogP contribution in [-0.4, -0.2) is 33.6 Å². The molecule has 0 amide bonds. The van der Waals surface area contributed by atoms with E-state index in [1.54, 1.807) is 0 Å². The van der Waals surface area contributed by atoms with Gasteiger partial charge in [0.1, 0.15) is 0 Å². The summed E-state index contributed by atoms with van der Waals surface area (Å²) < 4.78 is 0. The molecule has 0 aliphatic heterocycles. The molecule has 3 unspecified atom stereocenters. The van der Waals surface area contributed by atoms with Gasteiger partial charge in [-0.1, -0.05) is 43.7 Å². The Labute approximate surface area is 103 Å². The predicted octanol–water partition coefficient (Wildman–Crippen LogP) is 1.50. The van der Waals surface area contributed by atoms with Gasteiger partial charge in [-0.25, -0.2) is 0 Å². The zero-order valence-corrected chi connectivity index (χ0v) is 10.3. The van der Waals surface area contributed by atoms with Crippen molar-refractivity contribution in [1.29, 1.82) is 0 Å². The highest BCUT2D eigenvalue weighted by Crippen LogP contribution is 2.12. The van der Waals surface area contributed by atoms with Crippen LogP contribution in [0.3, 0.4) is 0 Å². The highest BCUT2D eigenvalue weighted by Gasteiger charge is 2.19. The first-order valence-electron chi connectivity index (χ1n) is 6.21. The van der Waals surface area contributed by atoms with Gasteiger partial charge in [-0.2, -0.15) is 0 Å². The van der Waals surface area contributed by atoms with Crippen LogP contribution in [0, 0.1) is 0 Å². The van der Waals surface area contributed by atoms with Gasteiger partial charge < -0.3 is 15.3 Å². The van der Waals surface area contributed by atoms with Crippen LogP contribution in [0.15, 0.2) is 30.3 Å². The summed E-state index contributed by atoms with van der Waals surface area (Å²) >= 11 is 0. The second-order valence-corrected chi connectivity index (χ2v) is 4.50. The van der Waals surface area contributed by atoms with Crippen LogP contribution in [0.5, 0.6) is 0 Å². The van der Waals surface area contributed by atoms with E-state index in [1.807, 2.05) is 37.3 Å². The number of benzene rings is 1. The molecule has 0 aliphatic rings. The van der Waals surface area contributed by atoms with Gasteiger partial charge in [-0.3, -0.25) is 0 Å². The second-order valence-electron chi connectivity index (χ2n) is 4.50. The maximum Gasteiger partial charge on any atom is 0.0823 e. The number of hydrogen-bond donors (Lipinski definition) is 3. The summed E-state index contributed by atoms with van der Waals surface area (Å²) in [6.45, 7) is 1.95. The minimum absolute atomic E-state index is 0.218. The van der Waals surface area contributed by atoms with Crippen molar-refractivity contribution >= 4 is 0 Å². The summed E-state index contributed by atoms with van der Waals surface area (Å²) in [6, 6.07) is 9.65. The van der Waals surface area contributed by atoms with Gasteiger partial charge in [0.15, 0.2) is 0 Å². The van der Waals surface area contributed by atoms with Gasteiger partial charge in [-0.15, -0.1) is 0 Å². The summed E-state index contributed by atoms with van der Waals surface area (Å²) in [6.07, 6.45) is -0.0584. The average Bonchev–Trinajstić information content (AvgIpc) is 2.30. The van der Waals surface area contributed by atoms with E-state index in [-0.39, 0.29) is 6.42 Å². The molecule has 3 heteroatoms. The zero-order valence-electron chi connectivity index (χ0n) is 10.3. The molecule has 0 radical (unpaired) electrons. The van der Waals surface area contributed by atoms with Crippen molar-refractivity contribution < 1.29 is 15.3 Å². The Morgan fingerprint density at radius 1 is 1.00 bits per heavy atom. The van der Waals surface area contributed by atoms with Crippen molar-refractivity contribution in [3.63, 3.8) is 0 Å². The Balaban J connectivity index is 2.36. The molecule has 0 bridgehead atoms. The lowest BCUT2D eigenvalue weighted by atomic mass is 9.99. The van der Waals surface area contributed by atoms with Crippen LogP contribution in [-0.2, 0) is 6.42 Å². The first kappa shape index (κ1) is 14.2. The molecule has 0 aromatic heterocycles. The summed E-state index contributed by atoms with van der Waals surface area (Å²) in [5.74, 6) is 0. The van der Waals surface area contributed by atoms with Gasteiger partial charge in [-0.05, 0) is 18.4 Å². The van der Waals surface area contributed by atoms with Crippen molar-refractivity contribution in [3.05, 3.63) is 35.9 Å². The van der Waals surface area contributed by atoms with Crippen molar-refractivity contribution in [2.24, 2.45) is 0 Å². The van der Waals surface area contributed by atoms with E-state index >= 15 is 0 Å². The molecule has 0 saturated heterocycles. The average molecular weight is 238 g/mol. The number of hydrogen-bond acceptors (Lipinski definition) is 3. The molecular weight excluding hydrogens is 216 g/mol. The first-order valence-corrected chi connectivity index (χ1v) is 6.21. The molecule has 1 rings (SSSR count). The van der Waals surface area contributed by atoms with Crippen LogP contribution in [0.4, 0.5) is 0 Å². The fourth-order valence-corrected chi connectivity index (χ4v) is 1.89. The lowest BCUT2D eigenvalue weighted by molar-refractivity contribution is -0.0155. The molecule has 3 atom stereocenters. The van der Waals surface area contributed by atoms with E-state index in [1.165, 1.54) is 0 Å². The van der Waals surface area contributed by atoms with Crippen LogP contribution in [0.2, 0.25) is 0 Å². The molecule has 96 valence electrons. The lowest BCUT2D eigenvalue weighted by Crippen LogP contribution is -2.30. The third-order valence-corrected chi connectivity index (χ3v) is 2.86. The first-order chi connectivity index (χ1) is 8.13. The van der Waals surface area contributed by atoms with E-state index in [0.29, 0.717) is 12.8 Å². The SMILES string of the molecule is CCCC(O)C(O)CC(O)Cc1ccccc1. The van der Waals surface area contributed by atoms with Crippen molar-refractivity contribution in [1.82, 2.24) is 0 Å². The quantitative estimate of drug-likeness (QED) is 0.674. The van der Waals surface area contributed by atoms with E-state index in [9.17, 15) is 15.3 Å². The Morgan fingerprint density at radius 3 is 2.24 bits per heavy atom. The molecule has 0 fully saturated rings. The summed E-state index contributed by atoms with van der Waals surface area (Å²) in [4.78, 5) is 0. The minimum atomic E-state index is -0.839. The smallest absolute Gasteiger partial charge is 0.0823 e. The summed E-state index contributed by atoms with van der Waals surface area (Å²) in [5, 5.41) is 29.1. The molecular formula is C14H22O3. The molecule has 3 nitrogen and oxygen atoms in total. The third-order valence-electron chi connectivity index (χ3n) is 2.86. The molecule has 1 aromatic carbocycles. The van der Waals surface area contributed by atoms with Crippen molar-refractivity contribution in [2.45, 2.75) is 50.9 Å². The third kappa shape index (κ3) is 5.31. The van der Waals surface area contributed by atoms with Gasteiger partial charge in [0.05, 0.1) is 18.3 Å². The monoisotopic (exact) mass is 238 g/mol. The number of aliphatic hydroxyl groups is 3.